The van der Waals surface area contributed by atoms with E-state index in [1.807, 2.05) is 0 Å². The summed E-state index contributed by atoms with van der Waals surface area (Å²) in [5.74, 6) is -1.68. The van der Waals surface area contributed by atoms with Crippen LogP contribution in [0.1, 0.15) is 0 Å². The van der Waals surface area contributed by atoms with Crippen LogP contribution < -0.4 is 0 Å². The highest BCUT2D eigenvalue weighted by Crippen LogP contribution is 2.26. The van der Waals surface area contributed by atoms with Crippen LogP contribution in [0.4, 0.5) is 4.39 Å². The minimum atomic E-state index is -4.34. The molecule has 1 heterocycles. The molecule has 2 rings (SSSR count). The van der Waals surface area contributed by atoms with Gasteiger partial charge in [-0.05, 0) is 18.2 Å². The van der Waals surface area contributed by atoms with Crippen molar-refractivity contribution in [2.24, 2.45) is 0 Å². The fourth-order valence-electron chi connectivity index (χ4n) is 2.21. The molecule has 0 bridgehead atoms. The molecule has 0 aliphatic carbocycles. The zero-order chi connectivity index (χ0) is 17.9. The number of amides is 1. The molecule has 0 radical (unpaired) electrons. The van der Waals surface area contributed by atoms with Crippen molar-refractivity contribution in [1.29, 1.82) is 0 Å². The Kier molecular flexibility index (Phi) is 5.84. The minimum Gasteiger partial charge on any atom is -0.382 e. The second kappa shape index (κ2) is 7.50. The maximum Gasteiger partial charge on any atom is 0.267 e. The van der Waals surface area contributed by atoms with Crippen molar-refractivity contribution in [3.63, 3.8) is 0 Å². The quantitative estimate of drug-likeness (QED) is 0.745. The van der Waals surface area contributed by atoms with Crippen LogP contribution in [0, 0.1) is 5.82 Å². The Morgan fingerprint density at radius 3 is 2.50 bits per heavy atom. The first-order valence-electron chi connectivity index (χ1n) is 7.19. The number of morpholine rings is 1. The van der Waals surface area contributed by atoms with Gasteiger partial charge in [-0.25, -0.2) is 12.8 Å². The zero-order valence-corrected chi connectivity index (χ0v) is 14.9. The van der Waals surface area contributed by atoms with Gasteiger partial charge in [-0.1, -0.05) is 11.6 Å². The Balaban J connectivity index is 2.48. The van der Waals surface area contributed by atoms with Gasteiger partial charge >= 0.3 is 0 Å². The van der Waals surface area contributed by atoms with Gasteiger partial charge < -0.3 is 14.5 Å². The topological polar surface area (TPSA) is 66.9 Å². The van der Waals surface area contributed by atoms with Gasteiger partial charge in [0.1, 0.15) is 10.7 Å². The number of rotatable bonds is 4. The molecule has 0 aromatic heterocycles. The molecule has 0 N–H and O–H groups in total. The molecule has 132 valence electrons. The Bertz CT molecular complexity index is 759. The van der Waals surface area contributed by atoms with Gasteiger partial charge in [-0.3, -0.25) is 4.79 Å². The molecule has 1 aliphatic rings. The summed E-state index contributed by atoms with van der Waals surface area (Å²) in [6.45, 7) is 1.22. The summed E-state index contributed by atoms with van der Waals surface area (Å²) in [6, 6.07) is 3.23. The Hall–Kier alpha value is -1.64. The van der Waals surface area contributed by atoms with E-state index < -0.39 is 31.4 Å². The van der Waals surface area contributed by atoms with E-state index in [2.05, 4.69) is 0 Å². The van der Waals surface area contributed by atoms with E-state index in [1.165, 1.54) is 22.1 Å². The molecule has 0 atom stereocenters. The highest BCUT2D eigenvalue weighted by atomic mass is 35.5. The molecule has 1 aliphatic heterocycles. The van der Waals surface area contributed by atoms with Gasteiger partial charge in [-0.2, -0.15) is 0 Å². The SMILES string of the molecule is CN(C)/C=C(/C(=O)N1CCOCC1)S(=O)(=O)c1ccc(Cl)cc1F. The second-order valence-corrected chi connectivity index (χ2v) is 7.76. The summed E-state index contributed by atoms with van der Waals surface area (Å²) in [5, 5.41) is 0.0732. The summed E-state index contributed by atoms with van der Waals surface area (Å²) in [5.41, 5.74) is 0. The summed E-state index contributed by atoms with van der Waals surface area (Å²) >= 11 is 5.67. The Morgan fingerprint density at radius 1 is 1.33 bits per heavy atom. The van der Waals surface area contributed by atoms with Gasteiger partial charge in [0.15, 0.2) is 4.91 Å². The zero-order valence-electron chi connectivity index (χ0n) is 13.3. The van der Waals surface area contributed by atoms with Crippen LogP contribution in [0.2, 0.25) is 5.02 Å². The van der Waals surface area contributed by atoms with Gasteiger partial charge in [0, 0.05) is 38.4 Å². The Morgan fingerprint density at radius 2 is 1.96 bits per heavy atom. The lowest BCUT2D eigenvalue weighted by Crippen LogP contribution is -2.42. The van der Waals surface area contributed by atoms with Crippen molar-refractivity contribution in [2.75, 3.05) is 40.4 Å². The van der Waals surface area contributed by atoms with Gasteiger partial charge in [0.25, 0.3) is 5.91 Å². The number of hydrogen-bond donors (Lipinski definition) is 0. The number of sulfone groups is 1. The van der Waals surface area contributed by atoms with E-state index in [1.54, 1.807) is 14.1 Å². The molecule has 6 nitrogen and oxygen atoms in total. The third-order valence-electron chi connectivity index (χ3n) is 3.36. The third kappa shape index (κ3) is 4.06. The van der Waals surface area contributed by atoms with E-state index in [9.17, 15) is 17.6 Å². The van der Waals surface area contributed by atoms with Crippen molar-refractivity contribution >= 4 is 27.3 Å². The maximum absolute atomic E-state index is 14.1. The molecule has 9 heteroatoms. The van der Waals surface area contributed by atoms with Crippen LogP contribution in [0.5, 0.6) is 0 Å². The number of benzene rings is 1. The van der Waals surface area contributed by atoms with Crippen molar-refractivity contribution in [1.82, 2.24) is 9.80 Å². The fourth-order valence-corrected chi connectivity index (χ4v) is 3.88. The van der Waals surface area contributed by atoms with E-state index in [0.29, 0.717) is 13.2 Å². The normalized spacial score (nSPS) is 16.2. The number of carbonyl (C=O) groups is 1. The van der Waals surface area contributed by atoms with Crippen molar-refractivity contribution in [3.05, 3.63) is 40.1 Å². The summed E-state index contributed by atoms with van der Waals surface area (Å²) in [4.78, 5) is 14.4. The van der Waals surface area contributed by atoms with Crippen LogP contribution in [-0.2, 0) is 19.4 Å². The van der Waals surface area contributed by atoms with E-state index >= 15 is 0 Å². The van der Waals surface area contributed by atoms with Crippen LogP contribution in [-0.4, -0.2) is 64.5 Å². The number of hydrogen-bond acceptors (Lipinski definition) is 5. The van der Waals surface area contributed by atoms with Gasteiger partial charge in [-0.15, -0.1) is 0 Å². The van der Waals surface area contributed by atoms with E-state index in [0.717, 1.165) is 12.1 Å². The number of halogens is 2. The molecular formula is C15H18ClFN2O4S. The van der Waals surface area contributed by atoms with Crippen molar-refractivity contribution < 1.29 is 22.3 Å². The lowest BCUT2D eigenvalue weighted by atomic mass is 10.3. The van der Waals surface area contributed by atoms with Crippen LogP contribution >= 0.6 is 11.6 Å². The fraction of sp³-hybridized carbons (Fsp3) is 0.400. The number of carbonyl (C=O) groups excluding carboxylic acids is 1. The predicted octanol–water partition coefficient (Wildman–Crippen LogP) is 1.51. The standard InChI is InChI=1S/C15H18ClFN2O4S/c1-18(2)10-14(15(20)19-5-7-23-8-6-19)24(21,22)13-4-3-11(16)9-12(13)17/h3-4,9-10H,5-8H2,1-2H3/b14-10-. The average molecular weight is 377 g/mol. The predicted molar refractivity (Wildman–Crippen MR) is 87.8 cm³/mol. The second-order valence-electron chi connectivity index (χ2n) is 5.44. The molecule has 1 fully saturated rings. The highest BCUT2D eigenvalue weighted by molar-refractivity contribution is 7.96. The van der Waals surface area contributed by atoms with Gasteiger partial charge in [0.2, 0.25) is 9.84 Å². The smallest absolute Gasteiger partial charge is 0.267 e. The lowest BCUT2D eigenvalue weighted by Gasteiger charge is -2.28. The molecule has 0 saturated carbocycles. The molecule has 0 unspecified atom stereocenters. The molecular weight excluding hydrogens is 359 g/mol. The van der Waals surface area contributed by atoms with Crippen molar-refractivity contribution in [3.8, 4) is 0 Å². The van der Waals surface area contributed by atoms with E-state index in [4.69, 9.17) is 16.3 Å². The largest absolute Gasteiger partial charge is 0.382 e. The molecule has 1 amide bonds. The molecule has 0 spiro atoms. The average Bonchev–Trinajstić information content (AvgIpc) is 2.52. The number of nitrogens with zero attached hydrogens (tertiary/aromatic N) is 2. The summed E-state index contributed by atoms with van der Waals surface area (Å²) in [7, 11) is -1.17. The summed E-state index contributed by atoms with van der Waals surface area (Å²) in [6.07, 6.45) is 1.18. The van der Waals surface area contributed by atoms with Crippen molar-refractivity contribution in [2.45, 2.75) is 4.90 Å². The first-order chi connectivity index (χ1) is 11.2. The highest BCUT2D eigenvalue weighted by Gasteiger charge is 2.33. The molecule has 1 aromatic rings. The van der Waals surface area contributed by atoms with E-state index in [-0.39, 0.29) is 18.1 Å². The lowest BCUT2D eigenvalue weighted by molar-refractivity contribution is -0.130. The molecule has 24 heavy (non-hydrogen) atoms. The minimum absolute atomic E-state index is 0.0732. The number of ether oxygens (including phenoxy) is 1. The van der Waals surface area contributed by atoms with Crippen LogP contribution in [0.25, 0.3) is 0 Å². The monoisotopic (exact) mass is 376 g/mol. The third-order valence-corrected chi connectivity index (χ3v) is 5.36. The first kappa shape index (κ1) is 18.7. The van der Waals surface area contributed by atoms with Gasteiger partial charge in [0.05, 0.1) is 13.2 Å². The van der Waals surface area contributed by atoms with Crippen LogP contribution in [0.3, 0.4) is 0 Å². The summed E-state index contributed by atoms with van der Waals surface area (Å²) < 4.78 is 44.9. The molecule has 1 saturated heterocycles. The maximum atomic E-state index is 14.1. The molecule has 1 aromatic carbocycles. The van der Waals surface area contributed by atoms with Crippen LogP contribution in [0.15, 0.2) is 34.2 Å². The first-order valence-corrected chi connectivity index (χ1v) is 9.05. The Labute approximate surface area is 145 Å².